The molecule has 6 heterocycles. The Labute approximate surface area is 430 Å². The van der Waals surface area contributed by atoms with Gasteiger partial charge in [0.15, 0.2) is 28.7 Å². The predicted octanol–water partition coefficient (Wildman–Crippen LogP) is 10.7. The quantitative estimate of drug-likeness (QED) is 0.0904. The topological polar surface area (TPSA) is 223 Å². The van der Waals surface area contributed by atoms with E-state index in [9.17, 15) is 35.9 Å². The van der Waals surface area contributed by atoms with E-state index in [0.717, 1.165) is 45.3 Å². The molecule has 0 bridgehead atoms. The SMILES string of the molecule is Cc1ccc(C(=O)Cc2cccc(C(F)(F)F)c2)cc1Nc1nc(-c2cnccn2)nc2c1cnn2C.Cc1ccc(C(=O)Nc2cccc(C(F)(F)F)c2)cc1Br.Cn1ncc2c(N)nc(-c3cnccn3)nc21. The van der Waals surface area contributed by atoms with Crippen LogP contribution in [0.15, 0.2) is 139 Å². The Kier molecular flexibility index (Phi) is 15.3. The summed E-state index contributed by atoms with van der Waals surface area (Å²) in [6.45, 7) is 3.74. The maximum Gasteiger partial charge on any atom is 0.416 e. The first-order chi connectivity index (χ1) is 35.7. The van der Waals surface area contributed by atoms with Crippen LogP contribution in [0.1, 0.15) is 48.5 Å². The molecule has 17 nitrogen and oxygen atoms in total. The lowest BCUT2D eigenvalue weighted by Crippen LogP contribution is -2.13. The number of fused-ring (bicyclic) bond motifs is 2. The second kappa shape index (κ2) is 22.0. The highest BCUT2D eigenvalue weighted by Gasteiger charge is 2.31. The third-order valence-corrected chi connectivity index (χ3v) is 12.0. The maximum absolute atomic E-state index is 13.1. The molecule has 0 radical (unpaired) electrons. The van der Waals surface area contributed by atoms with Gasteiger partial charge in [-0.25, -0.2) is 29.9 Å². The number of ketones is 1. The number of nitrogens with two attached hydrogens (primary N) is 1. The normalized spacial score (nSPS) is 11.3. The maximum atomic E-state index is 13.1. The number of amides is 1. The number of aromatic nitrogens is 12. The summed E-state index contributed by atoms with van der Waals surface area (Å²) in [4.78, 5) is 59.2. The number of alkyl halides is 6. The Morgan fingerprint density at radius 3 is 1.83 bits per heavy atom. The summed E-state index contributed by atoms with van der Waals surface area (Å²) in [5, 5.41) is 15.5. The molecule has 4 aromatic carbocycles. The molecule has 0 spiro atoms. The molecule has 6 aromatic heterocycles. The Hall–Kier alpha value is -9.06. The summed E-state index contributed by atoms with van der Waals surface area (Å²) < 4.78 is 81.0. The molecule has 0 unspecified atom stereocenters. The van der Waals surface area contributed by atoms with Crippen molar-refractivity contribution in [3.05, 3.63) is 178 Å². The van der Waals surface area contributed by atoms with E-state index >= 15 is 0 Å². The number of nitrogens with zero attached hydrogens (tertiary/aromatic N) is 12. The first kappa shape index (κ1) is 52.3. The molecule has 4 N–H and O–H groups in total. The number of anilines is 4. The van der Waals surface area contributed by atoms with Gasteiger partial charge in [0.25, 0.3) is 5.91 Å². The fourth-order valence-corrected chi connectivity index (χ4v) is 7.51. The predicted molar refractivity (Wildman–Crippen MR) is 271 cm³/mol. The van der Waals surface area contributed by atoms with Crippen molar-refractivity contribution in [2.24, 2.45) is 14.1 Å². The van der Waals surface area contributed by atoms with Crippen LogP contribution in [-0.4, -0.2) is 71.1 Å². The molecule has 0 aliphatic carbocycles. The van der Waals surface area contributed by atoms with Gasteiger partial charge in [0.2, 0.25) is 0 Å². The number of nitrogen functional groups attached to an aromatic ring is 1. The van der Waals surface area contributed by atoms with E-state index in [1.165, 1.54) is 24.3 Å². The van der Waals surface area contributed by atoms with Crippen LogP contribution in [0.4, 0.5) is 49.4 Å². The van der Waals surface area contributed by atoms with Crippen molar-refractivity contribution >= 4 is 72.7 Å². The number of aryl methyl sites for hydroxylation is 4. The van der Waals surface area contributed by atoms with Crippen LogP contribution in [0.25, 0.3) is 45.1 Å². The Bertz CT molecular complexity index is 3700. The van der Waals surface area contributed by atoms with Crippen molar-refractivity contribution in [2.75, 3.05) is 16.4 Å². The highest BCUT2D eigenvalue weighted by atomic mass is 79.9. The van der Waals surface area contributed by atoms with Crippen LogP contribution in [0.5, 0.6) is 0 Å². The van der Waals surface area contributed by atoms with Crippen LogP contribution in [-0.2, 0) is 32.9 Å². The molecule has 10 aromatic rings. The lowest BCUT2D eigenvalue weighted by molar-refractivity contribution is -0.138. The average Bonchev–Trinajstić information content (AvgIpc) is 3.97. The highest BCUT2D eigenvalue weighted by molar-refractivity contribution is 9.10. The van der Waals surface area contributed by atoms with Crippen molar-refractivity contribution in [2.45, 2.75) is 32.6 Å². The monoisotopic (exact) mass is 1090 g/mol. The number of hydrogen-bond acceptors (Lipinski definition) is 14. The number of Topliss-reactive ketones (excluding diaryl/α,β-unsaturated/α-hetero) is 1. The van der Waals surface area contributed by atoms with Gasteiger partial charge in [-0.2, -0.15) is 36.5 Å². The van der Waals surface area contributed by atoms with Gasteiger partial charge < -0.3 is 16.4 Å². The van der Waals surface area contributed by atoms with E-state index < -0.39 is 29.4 Å². The van der Waals surface area contributed by atoms with E-state index in [4.69, 9.17) is 5.73 Å². The zero-order valence-corrected chi connectivity index (χ0v) is 41.4. The molecule has 75 heavy (non-hydrogen) atoms. The van der Waals surface area contributed by atoms with Gasteiger partial charge in [-0.05, 0) is 73.0 Å². The van der Waals surface area contributed by atoms with Crippen LogP contribution < -0.4 is 16.4 Å². The Balaban J connectivity index is 0.000000165. The van der Waals surface area contributed by atoms with Gasteiger partial charge in [-0.15, -0.1) is 0 Å². The summed E-state index contributed by atoms with van der Waals surface area (Å²) in [5.41, 5.74) is 10.1. The second-order valence-electron chi connectivity index (χ2n) is 16.5. The summed E-state index contributed by atoms with van der Waals surface area (Å²) in [6, 6.07) is 19.4. The lowest BCUT2D eigenvalue weighted by atomic mass is 9.99. The van der Waals surface area contributed by atoms with Crippen LogP contribution in [0.3, 0.4) is 0 Å². The van der Waals surface area contributed by atoms with E-state index in [0.29, 0.717) is 68.2 Å². The standard InChI is InChI=1S/C26H20F3N7O.C15H11BrF3NO.C10H9N7/c1-15-6-7-17(22(37)11-16-4-3-5-18(10-16)26(27,28)29)12-20(15)33-23-19-13-32-36(2)25(19)35-24(34-23)21-14-30-8-9-31-21;1-9-5-6-10(7-13(9)16)14(21)20-12-4-2-3-11(8-12)15(17,18)19;1-17-10-6(4-14-17)8(11)15-9(16-10)7-5-12-2-3-13-7/h3-10,12-14H,11H2,1-2H3,(H,33,34,35);2-8H,1H3,(H,20,21);2-5H,1H3,(H2,11,15,16). The van der Waals surface area contributed by atoms with Gasteiger partial charge in [0.05, 0.1) is 46.7 Å². The number of carbonyl (C=O) groups is 2. The average molecular weight is 1090 g/mol. The molecule has 24 heteroatoms. The molecule has 380 valence electrons. The van der Waals surface area contributed by atoms with E-state index in [1.54, 1.807) is 109 Å². The molecular weight excluding hydrogens is 1050 g/mol. The van der Waals surface area contributed by atoms with E-state index in [-0.39, 0.29) is 23.5 Å². The molecule has 10 rings (SSSR count). The summed E-state index contributed by atoms with van der Waals surface area (Å²) in [5.74, 6) is 0.882. The van der Waals surface area contributed by atoms with Crippen LogP contribution in [0.2, 0.25) is 0 Å². The highest BCUT2D eigenvalue weighted by Crippen LogP contribution is 2.33. The zero-order chi connectivity index (χ0) is 53.6. The minimum atomic E-state index is -4.47. The molecule has 0 aliphatic rings. The van der Waals surface area contributed by atoms with Gasteiger partial charge >= 0.3 is 12.4 Å². The van der Waals surface area contributed by atoms with Crippen molar-refractivity contribution in [3.63, 3.8) is 0 Å². The number of rotatable bonds is 9. The molecule has 0 saturated carbocycles. The largest absolute Gasteiger partial charge is 0.416 e. The van der Waals surface area contributed by atoms with Crippen LogP contribution >= 0.6 is 15.9 Å². The number of hydrogen-bond donors (Lipinski definition) is 3. The Morgan fingerprint density at radius 2 is 1.21 bits per heavy atom. The van der Waals surface area contributed by atoms with Gasteiger partial charge in [-0.1, -0.05) is 58.4 Å². The summed E-state index contributed by atoms with van der Waals surface area (Å²) >= 11 is 3.31. The third kappa shape index (κ3) is 12.6. The number of nitrogens with one attached hydrogen (secondary N) is 2. The third-order valence-electron chi connectivity index (χ3n) is 11.1. The van der Waals surface area contributed by atoms with Crippen molar-refractivity contribution in [3.8, 4) is 23.0 Å². The number of halogens is 7. The Morgan fingerprint density at radius 1 is 0.640 bits per heavy atom. The molecule has 0 aliphatic heterocycles. The minimum Gasteiger partial charge on any atom is -0.383 e. The molecule has 0 atom stereocenters. The molecule has 1 amide bonds. The number of carbonyl (C=O) groups excluding carboxylic acids is 2. The first-order valence-electron chi connectivity index (χ1n) is 22.2. The van der Waals surface area contributed by atoms with Gasteiger partial charge in [0.1, 0.15) is 23.0 Å². The molecule has 0 fully saturated rings. The van der Waals surface area contributed by atoms with Crippen molar-refractivity contribution < 1.29 is 35.9 Å². The fourth-order valence-electron chi connectivity index (χ4n) is 7.13. The second-order valence-corrected chi connectivity index (χ2v) is 17.3. The summed E-state index contributed by atoms with van der Waals surface area (Å²) in [7, 11) is 3.56. The minimum absolute atomic E-state index is 0.103. The van der Waals surface area contributed by atoms with E-state index in [1.807, 2.05) is 13.8 Å². The van der Waals surface area contributed by atoms with Gasteiger partial charge in [0, 0.05) is 72.3 Å². The lowest BCUT2D eigenvalue weighted by Gasteiger charge is -2.13. The van der Waals surface area contributed by atoms with Crippen molar-refractivity contribution in [1.82, 2.24) is 59.4 Å². The first-order valence-corrected chi connectivity index (χ1v) is 23.0. The van der Waals surface area contributed by atoms with Crippen LogP contribution in [0, 0.1) is 13.8 Å². The van der Waals surface area contributed by atoms with Crippen molar-refractivity contribution in [1.29, 1.82) is 0 Å². The van der Waals surface area contributed by atoms with Gasteiger partial charge in [-0.3, -0.25) is 28.9 Å². The summed E-state index contributed by atoms with van der Waals surface area (Å²) in [6.07, 6.45) is 3.63. The fraction of sp³-hybridized carbons (Fsp3) is 0.137. The number of benzene rings is 4. The zero-order valence-electron chi connectivity index (χ0n) is 39.8. The molecular formula is C51H40BrF6N15O2. The van der Waals surface area contributed by atoms with E-state index in [2.05, 4.69) is 76.6 Å². The molecule has 0 saturated heterocycles. The smallest absolute Gasteiger partial charge is 0.383 e.